The molecule has 1 amide bonds. The molecule has 4 heteroatoms. The molecule has 0 aliphatic heterocycles. The smallest absolute Gasteiger partial charge is 0.238 e. The van der Waals surface area contributed by atoms with Crippen LogP contribution in [0.25, 0.3) is 0 Å². The minimum atomic E-state index is 0.0393. The van der Waals surface area contributed by atoms with Gasteiger partial charge in [0.2, 0.25) is 5.91 Å². The van der Waals surface area contributed by atoms with Gasteiger partial charge in [-0.1, -0.05) is 20.8 Å². The normalized spacial score (nSPS) is 12.2. The molecule has 4 nitrogen and oxygen atoms in total. The summed E-state index contributed by atoms with van der Waals surface area (Å²) in [6.07, 6.45) is 3.31. The summed E-state index contributed by atoms with van der Waals surface area (Å²) in [5.41, 5.74) is 0.814. The third-order valence-electron chi connectivity index (χ3n) is 3.50. The lowest BCUT2D eigenvalue weighted by Crippen LogP contribution is -2.34. The van der Waals surface area contributed by atoms with Crippen molar-refractivity contribution in [3.63, 3.8) is 0 Å². The number of nitrogens with zero attached hydrogens (tertiary/aromatic N) is 1. The standard InChI is InChI=1S/C18H30N2O2/c1-5-12-20(13-6-2)14-18(21)19-16-8-10-17(11-9-16)22-15(4)7-3/h8-11,15H,5-7,12-14H2,1-4H3,(H,19,21). The molecule has 1 atom stereocenters. The maximum Gasteiger partial charge on any atom is 0.238 e. The highest BCUT2D eigenvalue weighted by molar-refractivity contribution is 5.92. The van der Waals surface area contributed by atoms with Crippen LogP contribution >= 0.6 is 0 Å². The monoisotopic (exact) mass is 306 g/mol. The number of nitrogens with one attached hydrogen (secondary N) is 1. The molecule has 1 aromatic carbocycles. The van der Waals surface area contributed by atoms with Gasteiger partial charge in [0.25, 0.3) is 0 Å². The first-order valence-corrected chi connectivity index (χ1v) is 8.37. The molecule has 1 aromatic rings. The summed E-state index contributed by atoms with van der Waals surface area (Å²) < 4.78 is 5.73. The van der Waals surface area contributed by atoms with Gasteiger partial charge in [0, 0.05) is 5.69 Å². The Bertz CT molecular complexity index is 425. The van der Waals surface area contributed by atoms with Crippen molar-refractivity contribution < 1.29 is 9.53 Å². The molecule has 0 radical (unpaired) electrons. The molecule has 22 heavy (non-hydrogen) atoms. The molecule has 1 unspecified atom stereocenters. The first kappa shape index (κ1) is 18.5. The van der Waals surface area contributed by atoms with Crippen molar-refractivity contribution in [2.75, 3.05) is 25.0 Å². The second-order valence-corrected chi connectivity index (χ2v) is 5.69. The first-order valence-electron chi connectivity index (χ1n) is 8.37. The Morgan fingerprint density at radius 2 is 1.73 bits per heavy atom. The topological polar surface area (TPSA) is 41.6 Å². The molecule has 0 heterocycles. The van der Waals surface area contributed by atoms with Gasteiger partial charge in [-0.05, 0) is 63.5 Å². The van der Waals surface area contributed by atoms with Gasteiger partial charge in [-0.2, -0.15) is 0 Å². The third kappa shape index (κ3) is 6.94. The Morgan fingerprint density at radius 1 is 1.14 bits per heavy atom. The third-order valence-corrected chi connectivity index (χ3v) is 3.50. The number of benzene rings is 1. The average Bonchev–Trinajstić information content (AvgIpc) is 2.49. The summed E-state index contributed by atoms with van der Waals surface area (Å²) >= 11 is 0. The highest BCUT2D eigenvalue weighted by Gasteiger charge is 2.09. The van der Waals surface area contributed by atoms with Crippen LogP contribution in [0, 0.1) is 0 Å². The molecule has 0 spiro atoms. The van der Waals surface area contributed by atoms with Crippen LogP contribution in [0.2, 0.25) is 0 Å². The molecule has 0 aliphatic rings. The van der Waals surface area contributed by atoms with Gasteiger partial charge >= 0.3 is 0 Å². The summed E-state index contributed by atoms with van der Waals surface area (Å²) in [5, 5.41) is 2.95. The lowest BCUT2D eigenvalue weighted by Gasteiger charge is -2.20. The van der Waals surface area contributed by atoms with E-state index in [0.717, 1.165) is 43.8 Å². The molecule has 0 bridgehead atoms. The number of carbonyl (C=O) groups is 1. The number of amides is 1. The fourth-order valence-electron chi connectivity index (χ4n) is 2.24. The Morgan fingerprint density at radius 3 is 2.23 bits per heavy atom. The molecule has 0 fully saturated rings. The van der Waals surface area contributed by atoms with Crippen molar-refractivity contribution in [2.45, 2.75) is 53.1 Å². The largest absolute Gasteiger partial charge is 0.491 e. The molecular formula is C18H30N2O2. The van der Waals surface area contributed by atoms with Crippen LogP contribution in [-0.2, 0) is 4.79 Å². The van der Waals surface area contributed by atoms with Gasteiger partial charge in [-0.3, -0.25) is 9.69 Å². The maximum absolute atomic E-state index is 12.1. The van der Waals surface area contributed by atoms with E-state index in [2.05, 4.69) is 31.0 Å². The summed E-state index contributed by atoms with van der Waals surface area (Å²) in [6.45, 7) is 10.8. The Balaban J connectivity index is 2.50. The van der Waals surface area contributed by atoms with E-state index in [1.165, 1.54) is 0 Å². The van der Waals surface area contributed by atoms with E-state index in [9.17, 15) is 4.79 Å². The van der Waals surface area contributed by atoms with Crippen LogP contribution in [0.4, 0.5) is 5.69 Å². The Kier molecular flexibility index (Phi) is 8.60. The van der Waals surface area contributed by atoms with Crippen LogP contribution in [-0.4, -0.2) is 36.5 Å². The van der Waals surface area contributed by atoms with E-state index in [1.807, 2.05) is 31.2 Å². The van der Waals surface area contributed by atoms with Crippen LogP contribution in [0.15, 0.2) is 24.3 Å². The lowest BCUT2D eigenvalue weighted by molar-refractivity contribution is -0.117. The maximum atomic E-state index is 12.1. The minimum Gasteiger partial charge on any atom is -0.491 e. The van der Waals surface area contributed by atoms with Crippen molar-refractivity contribution in [3.8, 4) is 5.75 Å². The number of rotatable bonds is 10. The number of carbonyl (C=O) groups excluding carboxylic acids is 1. The number of hydrogen-bond donors (Lipinski definition) is 1. The number of anilines is 1. The molecule has 124 valence electrons. The van der Waals surface area contributed by atoms with Crippen LogP contribution in [0.5, 0.6) is 5.75 Å². The second-order valence-electron chi connectivity index (χ2n) is 5.69. The number of ether oxygens (including phenoxy) is 1. The van der Waals surface area contributed by atoms with Crippen molar-refractivity contribution in [1.82, 2.24) is 4.90 Å². The van der Waals surface area contributed by atoms with Crippen molar-refractivity contribution in [3.05, 3.63) is 24.3 Å². The highest BCUT2D eigenvalue weighted by Crippen LogP contribution is 2.17. The van der Waals surface area contributed by atoms with Gasteiger partial charge in [0.15, 0.2) is 0 Å². The zero-order chi connectivity index (χ0) is 16.4. The van der Waals surface area contributed by atoms with E-state index >= 15 is 0 Å². The van der Waals surface area contributed by atoms with Crippen LogP contribution in [0.3, 0.4) is 0 Å². The van der Waals surface area contributed by atoms with Crippen molar-refractivity contribution >= 4 is 11.6 Å². The zero-order valence-corrected chi connectivity index (χ0v) is 14.4. The van der Waals surface area contributed by atoms with E-state index < -0.39 is 0 Å². The molecule has 0 aromatic heterocycles. The molecule has 0 saturated heterocycles. The predicted octanol–water partition coefficient (Wildman–Crippen LogP) is 3.92. The minimum absolute atomic E-state index is 0.0393. The summed E-state index contributed by atoms with van der Waals surface area (Å²) in [4.78, 5) is 14.3. The Hall–Kier alpha value is -1.55. The van der Waals surface area contributed by atoms with Crippen molar-refractivity contribution in [1.29, 1.82) is 0 Å². The average molecular weight is 306 g/mol. The van der Waals surface area contributed by atoms with E-state index in [0.29, 0.717) is 6.54 Å². The SMILES string of the molecule is CCCN(CCC)CC(=O)Nc1ccc(OC(C)CC)cc1. The molecular weight excluding hydrogens is 276 g/mol. The van der Waals surface area contributed by atoms with Gasteiger partial charge < -0.3 is 10.1 Å². The lowest BCUT2D eigenvalue weighted by atomic mass is 10.2. The van der Waals surface area contributed by atoms with Crippen molar-refractivity contribution in [2.24, 2.45) is 0 Å². The van der Waals surface area contributed by atoms with E-state index in [4.69, 9.17) is 4.74 Å². The highest BCUT2D eigenvalue weighted by atomic mass is 16.5. The summed E-state index contributed by atoms with van der Waals surface area (Å²) in [5.74, 6) is 0.878. The quantitative estimate of drug-likeness (QED) is 0.712. The predicted molar refractivity (Wildman–Crippen MR) is 92.5 cm³/mol. The first-order chi connectivity index (χ1) is 10.6. The molecule has 0 saturated carbocycles. The fraction of sp³-hybridized carbons (Fsp3) is 0.611. The molecule has 1 N–H and O–H groups in total. The van der Waals surface area contributed by atoms with Gasteiger partial charge in [0.05, 0.1) is 12.6 Å². The van der Waals surface area contributed by atoms with E-state index in [-0.39, 0.29) is 12.0 Å². The van der Waals surface area contributed by atoms with Gasteiger partial charge in [-0.15, -0.1) is 0 Å². The fourth-order valence-corrected chi connectivity index (χ4v) is 2.24. The summed E-state index contributed by atoms with van der Waals surface area (Å²) in [7, 11) is 0. The van der Waals surface area contributed by atoms with Gasteiger partial charge in [0.1, 0.15) is 5.75 Å². The number of hydrogen-bond acceptors (Lipinski definition) is 3. The van der Waals surface area contributed by atoms with E-state index in [1.54, 1.807) is 0 Å². The van der Waals surface area contributed by atoms with Gasteiger partial charge in [-0.25, -0.2) is 0 Å². The zero-order valence-electron chi connectivity index (χ0n) is 14.4. The second kappa shape index (κ2) is 10.2. The summed E-state index contributed by atoms with van der Waals surface area (Å²) in [6, 6.07) is 7.58. The molecule has 0 aliphatic carbocycles. The van der Waals surface area contributed by atoms with Crippen LogP contribution < -0.4 is 10.1 Å². The Labute approximate surface area is 134 Å². The molecule has 1 rings (SSSR count). The van der Waals surface area contributed by atoms with Crippen LogP contribution in [0.1, 0.15) is 47.0 Å².